The molecule has 0 atom stereocenters. The van der Waals surface area contributed by atoms with E-state index in [9.17, 15) is 4.79 Å². The van der Waals surface area contributed by atoms with E-state index >= 15 is 0 Å². The molecular formula is C14H20N2O2S. The van der Waals surface area contributed by atoms with E-state index in [-0.39, 0.29) is 5.91 Å². The smallest absolute Gasteiger partial charge is 0.223 e. The lowest BCUT2D eigenvalue weighted by molar-refractivity contribution is -0.131. The van der Waals surface area contributed by atoms with Gasteiger partial charge in [-0.1, -0.05) is 12.1 Å². The number of hydrogen-bond acceptors (Lipinski definition) is 4. The molecule has 0 aliphatic carbocycles. The van der Waals surface area contributed by atoms with Crippen LogP contribution in [-0.4, -0.2) is 49.8 Å². The van der Waals surface area contributed by atoms with Crippen molar-refractivity contribution >= 4 is 17.7 Å². The van der Waals surface area contributed by atoms with E-state index in [1.54, 1.807) is 18.9 Å². The molecule has 1 fully saturated rings. The van der Waals surface area contributed by atoms with E-state index in [2.05, 4.69) is 5.32 Å². The highest BCUT2D eigenvalue weighted by Gasteiger charge is 2.15. The van der Waals surface area contributed by atoms with Crippen LogP contribution >= 0.6 is 11.8 Å². The molecule has 1 aliphatic heterocycles. The molecule has 104 valence electrons. The highest BCUT2D eigenvalue weighted by molar-refractivity contribution is 7.99. The first-order valence-electron chi connectivity index (χ1n) is 6.55. The summed E-state index contributed by atoms with van der Waals surface area (Å²) in [5, 5.41) is 3.25. The van der Waals surface area contributed by atoms with Crippen molar-refractivity contribution in [2.24, 2.45) is 0 Å². The van der Waals surface area contributed by atoms with Crippen molar-refractivity contribution in [3.05, 3.63) is 24.3 Å². The van der Waals surface area contributed by atoms with Crippen LogP contribution in [0.15, 0.2) is 29.2 Å². The Bertz CT molecular complexity index is 420. The predicted molar refractivity (Wildman–Crippen MR) is 77.8 cm³/mol. The van der Waals surface area contributed by atoms with E-state index < -0.39 is 0 Å². The fourth-order valence-electron chi connectivity index (χ4n) is 2.06. The number of methoxy groups -OCH3 is 1. The van der Waals surface area contributed by atoms with Crippen LogP contribution in [0.4, 0.5) is 0 Å². The third-order valence-electron chi connectivity index (χ3n) is 3.11. The van der Waals surface area contributed by atoms with Gasteiger partial charge < -0.3 is 15.0 Å². The summed E-state index contributed by atoms with van der Waals surface area (Å²) in [4.78, 5) is 15.0. The van der Waals surface area contributed by atoms with Gasteiger partial charge in [-0.2, -0.15) is 0 Å². The molecule has 1 aromatic carbocycles. The number of hydrogen-bond donors (Lipinski definition) is 1. The zero-order valence-electron chi connectivity index (χ0n) is 11.2. The average Bonchev–Trinajstić information content (AvgIpc) is 2.48. The van der Waals surface area contributed by atoms with Crippen molar-refractivity contribution in [2.45, 2.75) is 11.3 Å². The van der Waals surface area contributed by atoms with Crippen molar-refractivity contribution in [1.82, 2.24) is 10.2 Å². The molecule has 1 aliphatic rings. The van der Waals surface area contributed by atoms with Crippen LogP contribution in [0.3, 0.4) is 0 Å². The maximum absolute atomic E-state index is 12.0. The minimum atomic E-state index is 0.254. The number of nitrogens with one attached hydrogen (secondary N) is 1. The Labute approximate surface area is 118 Å². The molecule has 1 saturated heterocycles. The summed E-state index contributed by atoms with van der Waals surface area (Å²) < 4.78 is 5.29. The highest BCUT2D eigenvalue weighted by Crippen LogP contribution is 2.29. The highest BCUT2D eigenvalue weighted by atomic mass is 32.2. The van der Waals surface area contributed by atoms with Gasteiger partial charge in [0, 0.05) is 43.2 Å². The van der Waals surface area contributed by atoms with Gasteiger partial charge in [-0.15, -0.1) is 11.8 Å². The fraction of sp³-hybridized carbons (Fsp3) is 0.500. The number of carbonyl (C=O) groups excluding carboxylic acids is 1. The molecule has 0 unspecified atom stereocenters. The monoisotopic (exact) mass is 280 g/mol. The number of para-hydroxylation sites is 1. The lowest BCUT2D eigenvalue weighted by atomic mass is 10.3. The standard InChI is InChI=1S/C14H20N2O2S/c1-18-12-4-2-3-5-13(12)19-11-6-14(17)16-9-7-15-8-10-16/h2-5,15H,6-11H2,1H3. The molecule has 19 heavy (non-hydrogen) atoms. The Balaban J connectivity index is 1.78. The van der Waals surface area contributed by atoms with Gasteiger partial charge in [0.1, 0.15) is 5.75 Å². The number of amides is 1. The summed E-state index contributed by atoms with van der Waals surface area (Å²) in [6, 6.07) is 7.91. The number of ether oxygens (including phenoxy) is 1. The van der Waals surface area contributed by atoms with Crippen molar-refractivity contribution < 1.29 is 9.53 Å². The maximum atomic E-state index is 12.0. The van der Waals surface area contributed by atoms with Gasteiger partial charge >= 0.3 is 0 Å². The lowest BCUT2D eigenvalue weighted by Crippen LogP contribution is -2.46. The molecule has 5 heteroatoms. The van der Waals surface area contributed by atoms with Crippen molar-refractivity contribution in [3.8, 4) is 5.75 Å². The summed E-state index contributed by atoms with van der Waals surface area (Å²) in [6.07, 6.45) is 0.586. The first-order chi connectivity index (χ1) is 9.31. The first kappa shape index (κ1) is 14.2. The van der Waals surface area contributed by atoms with Crippen molar-refractivity contribution in [2.75, 3.05) is 39.0 Å². The third-order valence-corrected chi connectivity index (χ3v) is 4.17. The van der Waals surface area contributed by atoms with Crippen molar-refractivity contribution in [3.63, 3.8) is 0 Å². The maximum Gasteiger partial charge on any atom is 0.223 e. The first-order valence-corrected chi connectivity index (χ1v) is 7.54. The second-order valence-corrected chi connectivity index (χ2v) is 5.52. The Kier molecular flexibility index (Phi) is 5.54. The molecular weight excluding hydrogens is 260 g/mol. The zero-order valence-corrected chi connectivity index (χ0v) is 12.0. The van der Waals surface area contributed by atoms with Gasteiger partial charge in [0.25, 0.3) is 0 Å². The Morgan fingerprint density at radius 1 is 1.37 bits per heavy atom. The summed E-state index contributed by atoms with van der Waals surface area (Å²) in [7, 11) is 1.67. The Hall–Kier alpha value is -1.20. The quantitative estimate of drug-likeness (QED) is 0.832. The SMILES string of the molecule is COc1ccccc1SCCC(=O)N1CCNCC1. The number of nitrogens with zero attached hydrogens (tertiary/aromatic N) is 1. The molecule has 1 heterocycles. The molecule has 2 rings (SSSR count). The summed E-state index contributed by atoms with van der Waals surface area (Å²) in [5.74, 6) is 1.93. The number of benzene rings is 1. The summed E-state index contributed by atoms with van der Waals surface area (Å²) >= 11 is 1.68. The second-order valence-electron chi connectivity index (χ2n) is 4.38. The molecule has 0 aromatic heterocycles. The van der Waals surface area contributed by atoms with Crippen LogP contribution in [0.2, 0.25) is 0 Å². The number of piperazine rings is 1. The van der Waals surface area contributed by atoms with E-state index in [1.807, 2.05) is 29.2 Å². The van der Waals surface area contributed by atoms with Gasteiger partial charge in [0.15, 0.2) is 0 Å². The van der Waals surface area contributed by atoms with Crippen molar-refractivity contribution in [1.29, 1.82) is 0 Å². The topological polar surface area (TPSA) is 41.6 Å². The number of rotatable bonds is 5. The Morgan fingerprint density at radius 2 is 2.11 bits per heavy atom. The molecule has 0 saturated carbocycles. The molecule has 0 spiro atoms. The molecule has 4 nitrogen and oxygen atoms in total. The van der Waals surface area contributed by atoms with Crippen LogP contribution in [-0.2, 0) is 4.79 Å². The summed E-state index contributed by atoms with van der Waals surface area (Å²) in [5.41, 5.74) is 0. The molecule has 1 aromatic rings. The molecule has 1 amide bonds. The van der Waals surface area contributed by atoms with E-state index in [0.717, 1.165) is 42.6 Å². The normalized spacial score (nSPS) is 15.3. The average molecular weight is 280 g/mol. The lowest BCUT2D eigenvalue weighted by Gasteiger charge is -2.27. The fourth-order valence-corrected chi connectivity index (χ4v) is 3.02. The zero-order chi connectivity index (χ0) is 13.5. The molecule has 0 radical (unpaired) electrons. The van der Waals surface area contributed by atoms with Crippen LogP contribution in [0.25, 0.3) is 0 Å². The predicted octanol–water partition coefficient (Wildman–Crippen LogP) is 1.61. The number of carbonyl (C=O) groups is 1. The Morgan fingerprint density at radius 3 is 2.84 bits per heavy atom. The van der Waals surface area contributed by atoms with Crippen LogP contribution < -0.4 is 10.1 Å². The van der Waals surface area contributed by atoms with E-state index in [1.165, 1.54) is 0 Å². The third kappa shape index (κ3) is 4.14. The van der Waals surface area contributed by atoms with E-state index in [0.29, 0.717) is 6.42 Å². The van der Waals surface area contributed by atoms with Gasteiger partial charge in [0.05, 0.1) is 7.11 Å². The number of thioether (sulfide) groups is 1. The van der Waals surface area contributed by atoms with Gasteiger partial charge in [-0.25, -0.2) is 0 Å². The van der Waals surface area contributed by atoms with Crippen LogP contribution in [0.5, 0.6) is 5.75 Å². The summed E-state index contributed by atoms with van der Waals surface area (Å²) in [6.45, 7) is 3.48. The van der Waals surface area contributed by atoms with E-state index in [4.69, 9.17) is 4.74 Å². The largest absolute Gasteiger partial charge is 0.496 e. The van der Waals surface area contributed by atoms with Gasteiger partial charge in [-0.3, -0.25) is 4.79 Å². The van der Waals surface area contributed by atoms with Crippen LogP contribution in [0, 0.1) is 0 Å². The minimum absolute atomic E-state index is 0.254. The van der Waals surface area contributed by atoms with Crippen LogP contribution in [0.1, 0.15) is 6.42 Å². The molecule has 0 bridgehead atoms. The second kappa shape index (κ2) is 7.40. The molecule has 1 N–H and O–H groups in total. The van der Waals surface area contributed by atoms with Gasteiger partial charge in [-0.05, 0) is 12.1 Å². The minimum Gasteiger partial charge on any atom is -0.496 e. The van der Waals surface area contributed by atoms with Gasteiger partial charge in [0.2, 0.25) is 5.91 Å².